The molecular weight excluding hydrogens is 270 g/mol. The van der Waals surface area contributed by atoms with Crippen molar-refractivity contribution in [2.75, 3.05) is 19.6 Å². The number of hydrogen-bond acceptors (Lipinski definition) is 4. The first kappa shape index (κ1) is 14.0. The average Bonchev–Trinajstić information content (AvgIpc) is 3.16. The zero-order valence-corrected chi connectivity index (χ0v) is 13.2. The number of carbonyl (C=O) groups excluding carboxylic acids is 1. The Hall–Kier alpha value is -0.940. The van der Waals surface area contributed by atoms with E-state index in [-0.39, 0.29) is 5.91 Å². The maximum Gasteiger partial charge on any atom is 0.265 e. The Morgan fingerprint density at radius 3 is 2.80 bits per heavy atom. The molecule has 4 nitrogen and oxygen atoms in total. The van der Waals surface area contributed by atoms with Gasteiger partial charge < -0.3 is 4.90 Å². The molecule has 2 atom stereocenters. The molecule has 0 saturated carbocycles. The highest BCUT2D eigenvalue weighted by Gasteiger charge is 2.39. The number of rotatable bonds is 3. The fourth-order valence-electron chi connectivity index (χ4n) is 3.73. The van der Waals surface area contributed by atoms with Crippen molar-refractivity contribution in [3.05, 3.63) is 16.1 Å². The van der Waals surface area contributed by atoms with Crippen LogP contribution in [0.25, 0.3) is 0 Å². The zero-order chi connectivity index (χ0) is 14.1. The Morgan fingerprint density at radius 1 is 1.35 bits per heavy atom. The van der Waals surface area contributed by atoms with Crippen LogP contribution in [0.1, 0.15) is 47.3 Å². The van der Waals surface area contributed by atoms with E-state index in [1.54, 1.807) is 6.20 Å². The van der Waals surface area contributed by atoms with Crippen LogP contribution < -0.4 is 0 Å². The van der Waals surface area contributed by atoms with E-state index in [0.29, 0.717) is 12.1 Å². The highest BCUT2D eigenvalue weighted by atomic mass is 32.1. The molecule has 1 aromatic heterocycles. The number of thiazole rings is 1. The van der Waals surface area contributed by atoms with Gasteiger partial charge in [-0.3, -0.25) is 9.69 Å². The summed E-state index contributed by atoms with van der Waals surface area (Å²) in [6.45, 7) is 7.39. The predicted molar refractivity (Wildman–Crippen MR) is 81.2 cm³/mol. The van der Waals surface area contributed by atoms with Gasteiger partial charge in [-0.25, -0.2) is 4.98 Å². The molecule has 0 spiro atoms. The van der Waals surface area contributed by atoms with Crippen LogP contribution in [0, 0.1) is 6.92 Å². The molecular formula is C15H23N3OS. The Morgan fingerprint density at radius 2 is 2.10 bits per heavy atom. The lowest BCUT2D eigenvalue weighted by molar-refractivity contribution is 0.0654. The lowest BCUT2D eigenvalue weighted by Crippen LogP contribution is -2.48. The van der Waals surface area contributed by atoms with E-state index in [9.17, 15) is 4.79 Å². The topological polar surface area (TPSA) is 36.4 Å². The summed E-state index contributed by atoms with van der Waals surface area (Å²) in [5.41, 5.74) is 0. The number of nitrogens with zero attached hydrogens (tertiary/aromatic N) is 3. The summed E-state index contributed by atoms with van der Waals surface area (Å²) in [6.07, 6.45) is 6.55. The van der Waals surface area contributed by atoms with Crippen LogP contribution in [0.3, 0.4) is 0 Å². The molecule has 20 heavy (non-hydrogen) atoms. The van der Waals surface area contributed by atoms with E-state index >= 15 is 0 Å². The molecule has 2 unspecified atom stereocenters. The van der Waals surface area contributed by atoms with Crippen LogP contribution in [0.15, 0.2) is 6.20 Å². The number of likely N-dealkylation sites (tertiary alicyclic amines) is 2. The smallest absolute Gasteiger partial charge is 0.265 e. The molecule has 3 heterocycles. The van der Waals surface area contributed by atoms with Crippen LogP contribution >= 0.6 is 11.3 Å². The average molecular weight is 293 g/mol. The van der Waals surface area contributed by atoms with E-state index in [4.69, 9.17) is 0 Å². The first-order valence-electron chi connectivity index (χ1n) is 7.68. The second-order valence-electron chi connectivity index (χ2n) is 5.79. The second-order valence-corrected chi connectivity index (χ2v) is 7.02. The fraction of sp³-hybridized carbons (Fsp3) is 0.733. The number of carbonyl (C=O) groups is 1. The molecule has 0 aliphatic carbocycles. The molecule has 2 aliphatic rings. The lowest BCUT2D eigenvalue weighted by Gasteiger charge is -2.34. The third-order valence-corrected chi connectivity index (χ3v) is 5.56. The summed E-state index contributed by atoms with van der Waals surface area (Å²) in [4.78, 5) is 22.4. The molecule has 1 aromatic rings. The molecule has 2 fully saturated rings. The minimum absolute atomic E-state index is 0.195. The normalized spacial score (nSPS) is 27.4. The minimum atomic E-state index is 0.195. The van der Waals surface area contributed by atoms with Gasteiger partial charge in [0.05, 0.1) is 11.2 Å². The van der Waals surface area contributed by atoms with Crippen molar-refractivity contribution in [1.29, 1.82) is 0 Å². The maximum atomic E-state index is 12.7. The first-order valence-corrected chi connectivity index (χ1v) is 8.49. The Bertz CT molecular complexity index is 487. The van der Waals surface area contributed by atoms with Gasteiger partial charge in [0.25, 0.3) is 5.91 Å². The summed E-state index contributed by atoms with van der Waals surface area (Å²) in [7, 11) is 0. The largest absolute Gasteiger partial charge is 0.333 e. The van der Waals surface area contributed by atoms with Gasteiger partial charge in [-0.05, 0) is 45.7 Å². The summed E-state index contributed by atoms with van der Waals surface area (Å²) >= 11 is 1.52. The zero-order valence-electron chi connectivity index (χ0n) is 12.3. The quantitative estimate of drug-likeness (QED) is 0.859. The second kappa shape index (κ2) is 5.82. The fourth-order valence-corrected chi connectivity index (χ4v) is 4.46. The highest BCUT2D eigenvalue weighted by molar-refractivity contribution is 7.13. The van der Waals surface area contributed by atoms with Crippen molar-refractivity contribution in [3.8, 4) is 0 Å². The van der Waals surface area contributed by atoms with Crippen LogP contribution in [-0.4, -0.2) is 52.4 Å². The Balaban J connectivity index is 1.77. The monoisotopic (exact) mass is 293 g/mol. The molecule has 1 amide bonds. The number of likely N-dealkylation sites (N-methyl/N-ethyl adjacent to an activating group) is 1. The number of hydrogen-bond donors (Lipinski definition) is 0. The van der Waals surface area contributed by atoms with E-state index in [1.165, 1.54) is 30.7 Å². The van der Waals surface area contributed by atoms with Crippen molar-refractivity contribution in [3.63, 3.8) is 0 Å². The van der Waals surface area contributed by atoms with Crippen molar-refractivity contribution in [2.24, 2.45) is 0 Å². The van der Waals surface area contributed by atoms with Crippen LogP contribution in [0.5, 0.6) is 0 Å². The van der Waals surface area contributed by atoms with Gasteiger partial charge in [0, 0.05) is 18.6 Å². The highest BCUT2D eigenvalue weighted by Crippen LogP contribution is 2.31. The number of aromatic nitrogens is 1. The molecule has 2 saturated heterocycles. The molecule has 3 rings (SSSR count). The first-order chi connectivity index (χ1) is 9.70. The number of aryl methyl sites for hydroxylation is 1. The molecule has 0 N–H and O–H groups in total. The molecule has 0 radical (unpaired) electrons. The van der Waals surface area contributed by atoms with Crippen molar-refractivity contribution in [2.45, 2.75) is 51.6 Å². The van der Waals surface area contributed by atoms with Gasteiger partial charge in [-0.2, -0.15) is 0 Å². The lowest BCUT2D eigenvalue weighted by atomic mass is 10.0. The Kier molecular flexibility index (Phi) is 4.08. The van der Waals surface area contributed by atoms with E-state index in [1.807, 2.05) is 6.92 Å². The SMILES string of the molecule is CCN1CCCC1C1CCCN1C(=O)c1cnc(C)s1. The Labute approximate surface area is 124 Å². The third-order valence-electron chi connectivity index (χ3n) is 4.66. The predicted octanol–water partition coefficient (Wildman–Crippen LogP) is 2.54. The van der Waals surface area contributed by atoms with Gasteiger partial charge in [0.1, 0.15) is 4.88 Å². The van der Waals surface area contributed by atoms with Crippen LogP contribution in [-0.2, 0) is 0 Å². The molecule has 110 valence electrons. The third kappa shape index (κ3) is 2.49. The van der Waals surface area contributed by atoms with Gasteiger partial charge in [0.15, 0.2) is 0 Å². The van der Waals surface area contributed by atoms with Gasteiger partial charge >= 0.3 is 0 Å². The van der Waals surface area contributed by atoms with Crippen molar-refractivity contribution >= 4 is 17.2 Å². The minimum Gasteiger partial charge on any atom is -0.333 e. The van der Waals surface area contributed by atoms with Gasteiger partial charge in [0.2, 0.25) is 0 Å². The molecule has 0 bridgehead atoms. The van der Waals surface area contributed by atoms with E-state index < -0.39 is 0 Å². The molecule has 0 aromatic carbocycles. The molecule has 2 aliphatic heterocycles. The van der Waals surface area contributed by atoms with Crippen LogP contribution in [0.2, 0.25) is 0 Å². The summed E-state index contributed by atoms with van der Waals surface area (Å²) in [5.74, 6) is 0.195. The summed E-state index contributed by atoms with van der Waals surface area (Å²) < 4.78 is 0. The van der Waals surface area contributed by atoms with E-state index in [0.717, 1.165) is 35.8 Å². The summed E-state index contributed by atoms with van der Waals surface area (Å²) in [5, 5.41) is 0.972. The van der Waals surface area contributed by atoms with Gasteiger partial charge in [-0.1, -0.05) is 6.92 Å². The molecule has 5 heteroatoms. The van der Waals surface area contributed by atoms with Crippen molar-refractivity contribution < 1.29 is 4.79 Å². The van der Waals surface area contributed by atoms with Crippen LogP contribution in [0.4, 0.5) is 0 Å². The maximum absolute atomic E-state index is 12.7. The van der Waals surface area contributed by atoms with Crippen molar-refractivity contribution in [1.82, 2.24) is 14.8 Å². The van der Waals surface area contributed by atoms with Gasteiger partial charge in [-0.15, -0.1) is 11.3 Å². The van der Waals surface area contributed by atoms with E-state index in [2.05, 4.69) is 21.7 Å². The summed E-state index contributed by atoms with van der Waals surface area (Å²) in [6, 6.07) is 0.979. The number of amides is 1. The standard InChI is InChI=1S/C15H23N3OS/c1-3-17-8-4-6-12(17)13-7-5-9-18(13)15(19)14-10-16-11(2)20-14/h10,12-13H,3-9H2,1-2H3.